The average molecular weight is 364 g/mol. The molecule has 1 saturated heterocycles. The summed E-state index contributed by atoms with van der Waals surface area (Å²) in [7, 11) is 0. The predicted molar refractivity (Wildman–Crippen MR) is 99.6 cm³/mol. The number of fused-ring (bicyclic) bond motifs is 2. The lowest BCUT2D eigenvalue weighted by Crippen LogP contribution is -2.12. The van der Waals surface area contributed by atoms with Crippen LogP contribution < -0.4 is 0 Å². The maximum absolute atomic E-state index is 9.50. The van der Waals surface area contributed by atoms with Crippen LogP contribution in [0.15, 0.2) is 45.6 Å². The zero-order valence-corrected chi connectivity index (χ0v) is 15.1. The second-order valence-corrected chi connectivity index (χ2v) is 10.9. The molecule has 22 heavy (non-hydrogen) atoms. The topological polar surface area (TPSA) is 41.6 Å². The summed E-state index contributed by atoms with van der Waals surface area (Å²) in [6, 6.07) is 2.33. The van der Waals surface area contributed by atoms with Gasteiger partial charge in [0, 0.05) is 22.9 Å². The molecule has 3 nitrogen and oxygen atoms in total. The van der Waals surface area contributed by atoms with Crippen LogP contribution in [0.5, 0.6) is 0 Å². The molecular formula is C15H13N3S4. The molecule has 1 aliphatic carbocycles. The third-order valence-electron chi connectivity index (χ3n) is 3.81. The second-order valence-electron chi connectivity index (χ2n) is 5.49. The Balaban J connectivity index is 1.65. The highest BCUT2D eigenvalue weighted by Gasteiger charge is 2.44. The van der Waals surface area contributed by atoms with E-state index in [2.05, 4.69) is 42.8 Å². The number of nitrogens with zero attached hydrogens (tertiary/aromatic N) is 3. The summed E-state index contributed by atoms with van der Waals surface area (Å²) in [6.45, 7) is 2.13. The van der Waals surface area contributed by atoms with Crippen LogP contribution in [0, 0.1) is 11.3 Å². The van der Waals surface area contributed by atoms with Crippen LogP contribution in [0.25, 0.3) is 5.70 Å². The van der Waals surface area contributed by atoms with E-state index < -0.39 is 0 Å². The highest BCUT2D eigenvalue weighted by molar-refractivity contribution is 8.26. The molecule has 0 aromatic carbocycles. The molecule has 4 rings (SSSR count). The summed E-state index contributed by atoms with van der Waals surface area (Å²) in [6.07, 6.45) is 10.7. The molecule has 3 unspecified atom stereocenters. The van der Waals surface area contributed by atoms with E-state index in [1.165, 1.54) is 10.5 Å². The van der Waals surface area contributed by atoms with Crippen molar-refractivity contribution in [2.24, 2.45) is 0 Å². The number of nitriles is 1. The number of allylic oxidation sites excluding steroid dienone is 3. The van der Waals surface area contributed by atoms with Gasteiger partial charge in [0.15, 0.2) is 0 Å². The molecule has 1 fully saturated rings. The van der Waals surface area contributed by atoms with Crippen LogP contribution in [-0.4, -0.2) is 24.1 Å². The number of thiol groups is 1. The normalized spacial score (nSPS) is 35.3. The first-order valence-corrected chi connectivity index (χ1v) is 9.89. The minimum absolute atomic E-state index is 0.0971. The van der Waals surface area contributed by atoms with E-state index in [0.29, 0.717) is 16.2 Å². The van der Waals surface area contributed by atoms with Crippen LogP contribution in [0.4, 0.5) is 0 Å². The molecule has 1 aromatic rings. The molecule has 0 radical (unpaired) electrons. The second kappa shape index (κ2) is 5.45. The highest BCUT2D eigenvalue weighted by atomic mass is 32.2. The Morgan fingerprint density at radius 2 is 2.41 bits per heavy atom. The minimum atomic E-state index is -0.0971. The molecule has 2 aliphatic heterocycles. The summed E-state index contributed by atoms with van der Waals surface area (Å²) in [5, 5.41) is 10.5. The third-order valence-corrected chi connectivity index (χ3v) is 8.57. The van der Waals surface area contributed by atoms with Crippen LogP contribution in [0.3, 0.4) is 0 Å². The van der Waals surface area contributed by atoms with E-state index >= 15 is 0 Å². The van der Waals surface area contributed by atoms with Crippen molar-refractivity contribution in [3.63, 3.8) is 0 Å². The smallest absolute Gasteiger partial charge is 0.145 e. The predicted octanol–water partition coefficient (Wildman–Crippen LogP) is 4.36. The number of thioether (sulfide) groups is 3. The van der Waals surface area contributed by atoms with Crippen LogP contribution in [0.1, 0.15) is 13.3 Å². The summed E-state index contributed by atoms with van der Waals surface area (Å²) in [5.74, 6) is 0. The van der Waals surface area contributed by atoms with Crippen molar-refractivity contribution in [2.45, 2.75) is 27.9 Å². The SMILES string of the molecule is CC1(S)C=CC2=C(CC3S/C(=C(/C#N)n4ccnc4)SC23)S1. The van der Waals surface area contributed by atoms with E-state index in [-0.39, 0.29) is 4.08 Å². The Morgan fingerprint density at radius 1 is 1.55 bits per heavy atom. The fourth-order valence-electron chi connectivity index (χ4n) is 2.82. The summed E-state index contributed by atoms with van der Waals surface area (Å²) < 4.78 is 2.82. The van der Waals surface area contributed by atoms with Gasteiger partial charge in [0.2, 0.25) is 0 Å². The fraction of sp³-hybridized carbons (Fsp3) is 0.333. The molecule has 0 amide bonds. The third kappa shape index (κ3) is 2.46. The number of aromatic nitrogens is 2. The van der Waals surface area contributed by atoms with Gasteiger partial charge in [-0.05, 0) is 23.8 Å². The lowest BCUT2D eigenvalue weighted by molar-refractivity contribution is 0.965. The first-order chi connectivity index (χ1) is 10.6. The number of rotatable bonds is 1. The minimum Gasteiger partial charge on any atom is -0.296 e. The molecule has 3 atom stereocenters. The summed E-state index contributed by atoms with van der Waals surface area (Å²) >= 11 is 10.2. The Hall–Kier alpha value is -0.680. The van der Waals surface area contributed by atoms with Gasteiger partial charge in [-0.1, -0.05) is 12.2 Å². The molecule has 7 heteroatoms. The maximum atomic E-state index is 9.50. The molecule has 0 bridgehead atoms. The van der Waals surface area contributed by atoms with Crippen molar-refractivity contribution in [3.8, 4) is 6.07 Å². The standard InChI is InChI=1S/C15H13N3S4/c1-15(19)3-2-9-11(22-15)6-12-13(9)21-14(20-12)10(7-16)18-5-4-17-8-18/h2-5,8,12-13,19H,6H2,1H3/b14-10+. The van der Waals surface area contributed by atoms with Crippen molar-refractivity contribution < 1.29 is 0 Å². The van der Waals surface area contributed by atoms with E-state index in [0.717, 1.165) is 10.7 Å². The Kier molecular flexibility index (Phi) is 3.68. The summed E-state index contributed by atoms with van der Waals surface area (Å²) in [4.78, 5) is 5.51. The van der Waals surface area contributed by atoms with Crippen molar-refractivity contribution in [3.05, 3.63) is 45.6 Å². The van der Waals surface area contributed by atoms with Gasteiger partial charge < -0.3 is 0 Å². The van der Waals surface area contributed by atoms with Gasteiger partial charge in [-0.2, -0.15) is 17.9 Å². The van der Waals surface area contributed by atoms with E-state index in [1.54, 1.807) is 12.5 Å². The first kappa shape index (κ1) is 14.9. The summed E-state index contributed by atoms with van der Waals surface area (Å²) in [5.41, 5.74) is 2.12. The Labute approximate surface area is 147 Å². The molecule has 0 N–H and O–H groups in total. The Bertz CT molecular complexity index is 752. The fourth-order valence-corrected chi connectivity index (χ4v) is 8.00. The zero-order valence-electron chi connectivity index (χ0n) is 11.8. The van der Waals surface area contributed by atoms with Crippen molar-refractivity contribution in [1.29, 1.82) is 5.26 Å². The van der Waals surface area contributed by atoms with Gasteiger partial charge in [-0.3, -0.25) is 4.57 Å². The average Bonchev–Trinajstić information content (AvgIpc) is 3.14. The molecular weight excluding hydrogens is 350 g/mol. The monoisotopic (exact) mass is 363 g/mol. The molecule has 3 heterocycles. The maximum Gasteiger partial charge on any atom is 0.145 e. The highest BCUT2D eigenvalue weighted by Crippen LogP contribution is 2.61. The number of hydrogen-bond donors (Lipinski definition) is 1. The quantitative estimate of drug-likeness (QED) is 0.593. The van der Waals surface area contributed by atoms with Gasteiger partial charge in [-0.25, -0.2) is 4.98 Å². The molecule has 3 aliphatic rings. The van der Waals surface area contributed by atoms with Crippen molar-refractivity contribution in [2.75, 3.05) is 0 Å². The number of hydrogen-bond acceptors (Lipinski definition) is 6. The van der Waals surface area contributed by atoms with Gasteiger partial charge in [-0.15, -0.1) is 35.3 Å². The van der Waals surface area contributed by atoms with Crippen LogP contribution in [0.2, 0.25) is 0 Å². The van der Waals surface area contributed by atoms with E-state index in [1.807, 2.05) is 46.0 Å². The van der Waals surface area contributed by atoms with Crippen molar-refractivity contribution in [1.82, 2.24) is 9.55 Å². The van der Waals surface area contributed by atoms with Crippen LogP contribution in [-0.2, 0) is 0 Å². The largest absolute Gasteiger partial charge is 0.296 e. The molecule has 112 valence electrons. The zero-order chi connectivity index (χ0) is 15.3. The Morgan fingerprint density at radius 3 is 3.14 bits per heavy atom. The molecule has 1 aromatic heterocycles. The van der Waals surface area contributed by atoms with E-state index in [4.69, 9.17) is 0 Å². The van der Waals surface area contributed by atoms with E-state index in [9.17, 15) is 5.26 Å². The lowest BCUT2D eigenvalue weighted by atomic mass is 10.2. The van der Waals surface area contributed by atoms with Gasteiger partial charge >= 0.3 is 0 Å². The van der Waals surface area contributed by atoms with Gasteiger partial charge in [0.25, 0.3) is 0 Å². The first-order valence-electron chi connectivity index (χ1n) is 6.87. The van der Waals surface area contributed by atoms with Crippen LogP contribution >= 0.6 is 47.9 Å². The molecule has 0 saturated carbocycles. The van der Waals surface area contributed by atoms with Crippen molar-refractivity contribution >= 4 is 53.6 Å². The number of imidazole rings is 1. The lowest BCUT2D eigenvalue weighted by Gasteiger charge is -2.24. The van der Waals surface area contributed by atoms with Gasteiger partial charge in [0.05, 0.1) is 14.6 Å². The van der Waals surface area contributed by atoms with Gasteiger partial charge in [0.1, 0.15) is 11.8 Å². The molecule has 0 spiro atoms.